The summed E-state index contributed by atoms with van der Waals surface area (Å²) in [5.41, 5.74) is 2.77. The fourth-order valence-electron chi connectivity index (χ4n) is 1.69. The zero-order valence-electron chi connectivity index (χ0n) is 19.7. The maximum atomic E-state index is 8.92. The highest BCUT2D eigenvalue weighted by molar-refractivity contribution is 5.31. The van der Waals surface area contributed by atoms with Crippen molar-refractivity contribution < 1.29 is 15.3 Å². The SMILES string of the molecule is CCC.CCC.Cc1ccccc1O.Cc1ccccc1O.Cc1ccccc1O. The summed E-state index contributed by atoms with van der Waals surface area (Å²) >= 11 is 0. The number of aromatic hydroxyl groups is 3. The summed E-state index contributed by atoms with van der Waals surface area (Å²) in [6.07, 6.45) is 2.50. The first kappa shape index (κ1) is 29.3. The molecule has 3 N–H and O–H groups in total. The van der Waals surface area contributed by atoms with Gasteiger partial charge < -0.3 is 15.3 Å². The molecule has 0 aliphatic rings. The third-order valence-electron chi connectivity index (χ3n) is 3.35. The second kappa shape index (κ2) is 19.4. The topological polar surface area (TPSA) is 60.7 Å². The van der Waals surface area contributed by atoms with Gasteiger partial charge in [0.1, 0.15) is 17.2 Å². The van der Waals surface area contributed by atoms with E-state index in [1.165, 1.54) is 12.8 Å². The van der Waals surface area contributed by atoms with E-state index < -0.39 is 0 Å². The molecule has 0 radical (unpaired) electrons. The summed E-state index contributed by atoms with van der Waals surface area (Å²) in [6, 6.07) is 21.8. The Labute approximate surface area is 183 Å². The van der Waals surface area contributed by atoms with Gasteiger partial charge in [0, 0.05) is 0 Å². The third-order valence-corrected chi connectivity index (χ3v) is 3.35. The Kier molecular flexibility index (Phi) is 18.9. The fraction of sp³-hybridized carbons (Fsp3) is 0.333. The van der Waals surface area contributed by atoms with E-state index in [-0.39, 0.29) is 0 Å². The van der Waals surface area contributed by atoms with Gasteiger partial charge in [-0.3, -0.25) is 0 Å². The molecule has 0 saturated heterocycles. The lowest BCUT2D eigenvalue weighted by atomic mass is 10.2. The predicted octanol–water partition coefficient (Wildman–Crippen LogP) is 7.93. The number of benzene rings is 3. The molecule has 0 amide bonds. The average Bonchev–Trinajstić information content (AvgIpc) is 2.71. The molecule has 30 heavy (non-hydrogen) atoms. The van der Waals surface area contributed by atoms with Crippen LogP contribution in [0.5, 0.6) is 17.2 Å². The summed E-state index contributed by atoms with van der Waals surface area (Å²) in [6.45, 7) is 14.1. The van der Waals surface area contributed by atoms with Crippen molar-refractivity contribution in [2.75, 3.05) is 0 Å². The Morgan fingerprint density at radius 3 is 0.700 bits per heavy atom. The number of rotatable bonds is 0. The molecule has 3 nitrogen and oxygen atoms in total. The van der Waals surface area contributed by atoms with Gasteiger partial charge in [0.05, 0.1) is 0 Å². The molecule has 0 aromatic heterocycles. The van der Waals surface area contributed by atoms with Crippen molar-refractivity contribution in [3.05, 3.63) is 89.5 Å². The third kappa shape index (κ3) is 16.1. The first-order valence-electron chi connectivity index (χ1n) is 10.5. The minimum atomic E-state index is 0.368. The fourth-order valence-corrected chi connectivity index (χ4v) is 1.69. The highest BCUT2D eigenvalue weighted by atomic mass is 16.3. The predicted molar refractivity (Wildman–Crippen MR) is 130 cm³/mol. The summed E-state index contributed by atoms with van der Waals surface area (Å²) in [5.74, 6) is 1.10. The monoisotopic (exact) mass is 412 g/mol. The molecular weight excluding hydrogens is 372 g/mol. The minimum Gasteiger partial charge on any atom is -0.508 e. The summed E-state index contributed by atoms with van der Waals surface area (Å²) in [5, 5.41) is 26.8. The van der Waals surface area contributed by atoms with E-state index in [1.54, 1.807) is 18.2 Å². The second-order valence-corrected chi connectivity index (χ2v) is 6.77. The molecule has 0 saturated carbocycles. The van der Waals surface area contributed by atoms with Crippen LogP contribution in [-0.2, 0) is 0 Å². The van der Waals surface area contributed by atoms with Crippen LogP contribution in [0.3, 0.4) is 0 Å². The van der Waals surface area contributed by atoms with Gasteiger partial charge in [-0.2, -0.15) is 0 Å². The first-order valence-corrected chi connectivity index (χ1v) is 10.5. The number of hydrogen-bond acceptors (Lipinski definition) is 3. The zero-order valence-corrected chi connectivity index (χ0v) is 19.7. The van der Waals surface area contributed by atoms with Gasteiger partial charge >= 0.3 is 0 Å². The van der Waals surface area contributed by atoms with Gasteiger partial charge in [-0.1, -0.05) is 95.1 Å². The van der Waals surface area contributed by atoms with E-state index in [0.29, 0.717) is 17.2 Å². The van der Waals surface area contributed by atoms with Crippen molar-refractivity contribution in [2.24, 2.45) is 0 Å². The Morgan fingerprint density at radius 1 is 0.433 bits per heavy atom. The van der Waals surface area contributed by atoms with Gasteiger partial charge in [-0.15, -0.1) is 0 Å². The summed E-state index contributed by atoms with van der Waals surface area (Å²) < 4.78 is 0. The van der Waals surface area contributed by atoms with E-state index >= 15 is 0 Å². The minimum absolute atomic E-state index is 0.368. The van der Waals surface area contributed by atoms with Crippen LogP contribution in [0.15, 0.2) is 72.8 Å². The number of phenolic OH excluding ortho intramolecular Hbond substituents is 3. The largest absolute Gasteiger partial charge is 0.508 e. The highest BCUT2D eigenvalue weighted by Crippen LogP contribution is 2.13. The van der Waals surface area contributed by atoms with Crippen LogP contribution >= 0.6 is 0 Å². The molecule has 0 fully saturated rings. The molecule has 0 atom stereocenters. The van der Waals surface area contributed by atoms with Gasteiger partial charge in [-0.05, 0) is 55.7 Å². The van der Waals surface area contributed by atoms with E-state index in [0.717, 1.165) is 16.7 Å². The molecule has 0 unspecified atom stereocenters. The molecular formula is C27H40O3. The normalized spacial score (nSPS) is 8.50. The second-order valence-electron chi connectivity index (χ2n) is 6.77. The van der Waals surface area contributed by atoms with E-state index in [1.807, 2.05) is 75.4 Å². The zero-order chi connectivity index (χ0) is 23.4. The number of para-hydroxylation sites is 3. The van der Waals surface area contributed by atoms with Crippen LogP contribution in [0.1, 0.15) is 57.2 Å². The molecule has 3 aromatic carbocycles. The lowest BCUT2D eigenvalue weighted by Crippen LogP contribution is -1.68. The van der Waals surface area contributed by atoms with Gasteiger partial charge in [0.2, 0.25) is 0 Å². The van der Waals surface area contributed by atoms with Crippen LogP contribution in [0.4, 0.5) is 0 Å². The van der Waals surface area contributed by atoms with Crippen molar-refractivity contribution in [3.63, 3.8) is 0 Å². The lowest BCUT2D eigenvalue weighted by Gasteiger charge is -1.92. The maximum absolute atomic E-state index is 8.92. The van der Waals surface area contributed by atoms with Crippen LogP contribution < -0.4 is 0 Å². The molecule has 3 aromatic rings. The summed E-state index contributed by atoms with van der Waals surface area (Å²) in [7, 11) is 0. The van der Waals surface area contributed by atoms with E-state index in [9.17, 15) is 0 Å². The molecule has 0 bridgehead atoms. The molecule has 0 spiro atoms. The number of hydrogen-bond donors (Lipinski definition) is 3. The first-order chi connectivity index (χ1) is 14.2. The van der Waals surface area contributed by atoms with Crippen molar-refractivity contribution >= 4 is 0 Å². The molecule has 0 aliphatic carbocycles. The van der Waals surface area contributed by atoms with Crippen molar-refractivity contribution in [1.82, 2.24) is 0 Å². The van der Waals surface area contributed by atoms with E-state index in [2.05, 4.69) is 27.7 Å². The van der Waals surface area contributed by atoms with Crippen LogP contribution in [0.25, 0.3) is 0 Å². The van der Waals surface area contributed by atoms with Gasteiger partial charge in [0.25, 0.3) is 0 Å². The van der Waals surface area contributed by atoms with Gasteiger partial charge in [-0.25, -0.2) is 0 Å². The standard InChI is InChI=1S/3C7H8O.2C3H8/c3*1-6-4-2-3-5-7(6)8;2*1-3-2/h3*2-5,8H,1H3;2*3H2,1-2H3. The Morgan fingerprint density at radius 2 is 0.600 bits per heavy atom. The van der Waals surface area contributed by atoms with Crippen molar-refractivity contribution in [1.29, 1.82) is 0 Å². The van der Waals surface area contributed by atoms with Crippen molar-refractivity contribution in [3.8, 4) is 17.2 Å². The number of phenols is 3. The van der Waals surface area contributed by atoms with Crippen molar-refractivity contribution in [2.45, 2.75) is 61.3 Å². The van der Waals surface area contributed by atoms with Crippen LogP contribution in [-0.4, -0.2) is 15.3 Å². The molecule has 3 rings (SSSR count). The molecule has 166 valence electrons. The Hall–Kier alpha value is -2.94. The Balaban J connectivity index is 0. The van der Waals surface area contributed by atoms with Gasteiger partial charge in [0.15, 0.2) is 0 Å². The van der Waals surface area contributed by atoms with E-state index in [4.69, 9.17) is 15.3 Å². The van der Waals surface area contributed by atoms with Crippen LogP contribution in [0.2, 0.25) is 0 Å². The lowest BCUT2D eigenvalue weighted by molar-refractivity contribution is 0.470. The average molecular weight is 413 g/mol. The summed E-state index contributed by atoms with van der Waals surface area (Å²) in [4.78, 5) is 0. The quantitative estimate of drug-likeness (QED) is 0.351. The molecule has 3 heteroatoms. The smallest absolute Gasteiger partial charge is 0.118 e. The Bertz CT molecular complexity index is 614. The molecule has 0 heterocycles. The highest BCUT2D eigenvalue weighted by Gasteiger charge is 1.88. The molecule has 0 aliphatic heterocycles. The number of aryl methyl sites for hydroxylation is 3. The van der Waals surface area contributed by atoms with Crippen LogP contribution in [0, 0.1) is 20.8 Å². The maximum Gasteiger partial charge on any atom is 0.118 e.